The Morgan fingerprint density at radius 3 is 2.44 bits per heavy atom. The van der Waals surface area contributed by atoms with Gasteiger partial charge in [0.1, 0.15) is 12.1 Å². The molecule has 0 aliphatic heterocycles. The number of hydrogen-bond donors (Lipinski definition) is 2. The SMILES string of the molecule is C=CCN(CC(=O)OC)C(=O)[C@H](N)CCCCNC(=O)OC(C)(C)C. The Labute approximate surface area is 149 Å². The van der Waals surface area contributed by atoms with E-state index in [1.165, 1.54) is 18.1 Å². The van der Waals surface area contributed by atoms with Gasteiger partial charge in [0.25, 0.3) is 0 Å². The molecular formula is C17H31N3O5. The zero-order valence-electron chi connectivity index (χ0n) is 15.7. The van der Waals surface area contributed by atoms with Gasteiger partial charge in [-0.3, -0.25) is 9.59 Å². The Morgan fingerprint density at radius 1 is 1.28 bits per heavy atom. The van der Waals surface area contributed by atoms with E-state index in [1.807, 2.05) is 0 Å². The van der Waals surface area contributed by atoms with Crippen molar-refractivity contribution in [2.24, 2.45) is 5.73 Å². The Hall–Kier alpha value is -2.09. The molecule has 0 aliphatic carbocycles. The van der Waals surface area contributed by atoms with Crippen LogP contribution in [0.3, 0.4) is 0 Å². The molecular weight excluding hydrogens is 326 g/mol. The molecule has 8 heteroatoms. The van der Waals surface area contributed by atoms with Crippen molar-refractivity contribution in [2.75, 3.05) is 26.7 Å². The summed E-state index contributed by atoms with van der Waals surface area (Å²) in [6.07, 6.45) is 2.83. The number of amides is 2. The molecule has 8 nitrogen and oxygen atoms in total. The third kappa shape index (κ3) is 11.1. The summed E-state index contributed by atoms with van der Waals surface area (Å²) < 4.78 is 9.69. The number of hydrogen-bond acceptors (Lipinski definition) is 6. The van der Waals surface area contributed by atoms with E-state index in [-0.39, 0.29) is 19.0 Å². The smallest absolute Gasteiger partial charge is 0.407 e. The maximum Gasteiger partial charge on any atom is 0.407 e. The van der Waals surface area contributed by atoms with Crippen molar-refractivity contribution in [3.8, 4) is 0 Å². The van der Waals surface area contributed by atoms with Crippen LogP contribution in [0.15, 0.2) is 12.7 Å². The summed E-state index contributed by atoms with van der Waals surface area (Å²) in [7, 11) is 1.26. The first kappa shape index (κ1) is 22.9. The van der Waals surface area contributed by atoms with Gasteiger partial charge in [-0.2, -0.15) is 0 Å². The Bertz CT molecular complexity index is 460. The van der Waals surface area contributed by atoms with Gasteiger partial charge in [-0.05, 0) is 40.0 Å². The average molecular weight is 357 g/mol. The molecule has 25 heavy (non-hydrogen) atoms. The van der Waals surface area contributed by atoms with Crippen molar-refractivity contribution in [3.05, 3.63) is 12.7 Å². The van der Waals surface area contributed by atoms with E-state index in [0.717, 1.165) is 0 Å². The van der Waals surface area contributed by atoms with E-state index in [4.69, 9.17) is 10.5 Å². The van der Waals surface area contributed by atoms with E-state index < -0.39 is 23.7 Å². The van der Waals surface area contributed by atoms with Crippen LogP contribution < -0.4 is 11.1 Å². The highest BCUT2D eigenvalue weighted by atomic mass is 16.6. The fraction of sp³-hybridized carbons (Fsp3) is 0.706. The molecule has 0 saturated carbocycles. The molecule has 0 spiro atoms. The maximum atomic E-state index is 12.3. The molecule has 2 amide bonds. The molecule has 0 aromatic rings. The van der Waals surface area contributed by atoms with Crippen molar-refractivity contribution in [2.45, 2.75) is 51.7 Å². The molecule has 3 N–H and O–H groups in total. The van der Waals surface area contributed by atoms with Crippen LogP contribution in [0.5, 0.6) is 0 Å². The third-order valence-electron chi connectivity index (χ3n) is 3.14. The molecule has 1 atom stereocenters. The number of carbonyl (C=O) groups is 3. The second-order valence-corrected chi connectivity index (χ2v) is 6.61. The lowest BCUT2D eigenvalue weighted by molar-refractivity contribution is -0.147. The van der Waals surface area contributed by atoms with Crippen LogP contribution in [-0.2, 0) is 19.1 Å². The quantitative estimate of drug-likeness (QED) is 0.345. The molecule has 0 saturated heterocycles. The van der Waals surface area contributed by atoms with Crippen LogP contribution >= 0.6 is 0 Å². The van der Waals surface area contributed by atoms with Gasteiger partial charge in [0.05, 0.1) is 13.2 Å². The predicted molar refractivity (Wildman–Crippen MR) is 94.9 cm³/mol. The standard InChI is InChI=1S/C17H31N3O5/c1-6-11-20(12-14(21)24-5)15(22)13(18)9-7-8-10-19-16(23)25-17(2,3)4/h6,13H,1,7-12,18H2,2-5H3,(H,19,23)/t13-/m1/s1. The van der Waals surface area contributed by atoms with Gasteiger partial charge < -0.3 is 25.4 Å². The summed E-state index contributed by atoms with van der Waals surface area (Å²) in [6, 6.07) is -0.717. The third-order valence-corrected chi connectivity index (χ3v) is 3.14. The number of esters is 1. The van der Waals surface area contributed by atoms with Gasteiger partial charge in [0, 0.05) is 13.1 Å². The van der Waals surface area contributed by atoms with Crippen molar-refractivity contribution in [3.63, 3.8) is 0 Å². The molecule has 144 valence electrons. The van der Waals surface area contributed by atoms with Gasteiger partial charge in [0.15, 0.2) is 0 Å². The zero-order valence-corrected chi connectivity index (χ0v) is 15.7. The lowest BCUT2D eigenvalue weighted by Crippen LogP contribution is -2.46. The summed E-state index contributed by atoms with van der Waals surface area (Å²) in [5.74, 6) is -0.839. The van der Waals surface area contributed by atoms with E-state index in [9.17, 15) is 14.4 Å². The first-order chi connectivity index (χ1) is 11.6. The number of nitrogens with two attached hydrogens (primary N) is 1. The van der Waals surface area contributed by atoms with Crippen LogP contribution in [0.1, 0.15) is 40.0 Å². The fourth-order valence-corrected chi connectivity index (χ4v) is 1.96. The summed E-state index contributed by atoms with van der Waals surface area (Å²) in [6.45, 7) is 9.45. The van der Waals surface area contributed by atoms with Gasteiger partial charge in [0.2, 0.25) is 5.91 Å². The van der Waals surface area contributed by atoms with Gasteiger partial charge in [-0.25, -0.2) is 4.79 Å². The van der Waals surface area contributed by atoms with Crippen molar-refractivity contribution in [1.29, 1.82) is 0 Å². The molecule has 0 aromatic carbocycles. The zero-order chi connectivity index (χ0) is 19.5. The predicted octanol–water partition coefficient (Wildman–Crippen LogP) is 1.20. The number of methoxy groups -OCH3 is 1. The van der Waals surface area contributed by atoms with Crippen LogP contribution in [0.4, 0.5) is 4.79 Å². The molecule has 0 heterocycles. The fourth-order valence-electron chi connectivity index (χ4n) is 1.96. The molecule has 0 aromatic heterocycles. The summed E-state index contributed by atoms with van der Waals surface area (Å²) in [5.41, 5.74) is 5.37. The number of alkyl carbamates (subject to hydrolysis) is 1. The molecule has 0 unspecified atom stereocenters. The van der Waals surface area contributed by atoms with E-state index >= 15 is 0 Å². The Morgan fingerprint density at radius 2 is 1.92 bits per heavy atom. The minimum atomic E-state index is -0.717. The minimum Gasteiger partial charge on any atom is -0.468 e. The van der Waals surface area contributed by atoms with Crippen molar-refractivity contribution < 1.29 is 23.9 Å². The maximum absolute atomic E-state index is 12.3. The highest BCUT2D eigenvalue weighted by molar-refractivity contribution is 5.85. The van der Waals surface area contributed by atoms with Crippen LogP contribution in [0.25, 0.3) is 0 Å². The number of carbonyl (C=O) groups excluding carboxylic acids is 3. The summed E-state index contributed by atoms with van der Waals surface area (Å²) >= 11 is 0. The average Bonchev–Trinajstić information content (AvgIpc) is 2.51. The number of nitrogens with one attached hydrogen (secondary N) is 1. The topological polar surface area (TPSA) is 111 Å². The molecule has 0 rings (SSSR count). The van der Waals surface area contributed by atoms with Crippen LogP contribution in [-0.4, -0.2) is 61.3 Å². The van der Waals surface area contributed by atoms with E-state index in [0.29, 0.717) is 25.8 Å². The first-order valence-corrected chi connectivity index (χ1v) is 8.29. The number of ether oxygens (including phenoxy) is 2. The lowest BCUT2D eigenvalue weighted by Gasteiger charge is -2.23. The van der Waals surface area contributed by atoms with Crippen LogP contribution in [0, 0.1) is 0 Å². The minimum absolute atomic E-state index is 0.157. The summed E-state index contributed by atoms with van der Waals surface area (Å²) in [4.78, 5) is 36.4. The highest BCUT2D eigenvalue weighted by Gasteiger charge is 2.22. The van der Waals surface area contributed by atoms with Gasteiger partial charge in [-0.1, -0.05) is 6.08 Å². The second-order valence-electron chi connectivity index (χ2n) is 6.61. The molecule has 0 fully saturated rings. The van der Waals surface area contributed by atoms with Crippen LogP contribution in [0.2, 0.25) is 0 Å². The van der Waals surface area contributed by atoms with Gasteiger partial charge in [-0.15, -0.1) is 6.58 Å². The van der Waals surface area contributed by atoms with Crippen molar-refractivity contribution in [1.82, 2.24) is 10.2 Å². The molecule has 0 aliphatic rings. The Balaban J connectivity index is 4.16. The lowest BCUT2D eigenvalue weighted by atomic mass is 10.1. The monoisotopic (exact) mass is 357 g/mol. The van der Waals surface area contributed by atoms with Crippen molar-refractivity contribution >= 4 is 18.0 Å². The second kappa shape index (κ2) is 11.5. The van der Waals surface area contributed by atoms with E-state index in [2.05, 4.69) is 16.6 Å². The Kier molecular flexibility index (Phi) is 10.5. The largest absolute Gasteiger partial charge is 0.468 e. The number of unbranched alkanes of at least 4 members (excludes halogenated alkanes) is 1. The number of nitrogens with zero attached hydrogens (tertiary/aromatic N) is 1. The van der Waals surface area contributed by atoms with Gasteiger partial charge >= 0.3 is 12.1 Å². The normalized spacial score (nSPS) is 12.0. The summed E-state index contributed by atoms with van der Waals surface area (Å²) in [5, 5.41) is 2.65. The number of rotatable bonds is 10. The highest BCUT2D eigenvalue weighted by Crippen LogP contribution is 2.07. The molecule has 0 bridgehead atoms. The molecule has 0 radical (unpaired) electrons. The van der Waals surface area contributed by atoms with E-state index in [1.54, 1.807) is 20.8 Å². The first-order valence-electron chi connectivity index (χ1n) is 8.29.